The molecule has 0 saturated carbocycles. The van der Waals surface area contributed by atoms with Gasteiger partial charge in [-0.1, -0.05) is 11.6 Å². The Morgan fingerprint density at radius 3 is 2.68 bits per heavy atom. The van der Waals surface area contributed by atoms with Crippen LogP contribution in [0.3, 0.4) is 0 Å². The average Bonchev–Trinajstić information content (AvgIpc) is 2.57. The van der Waals surface area contributed by atoms with E-state index in [0.717, 1.165) is 0 Å². The number of halogens is 1. The molecule has 8 nitrogen and oxygen atoms in total. The SMILES string of the molecule is COc1c(O)cc2c(=O)oc3c4c(c(=O)oc1c24)CC(OCCl)C=3O. The van der Waals surface area contributed by atoms with Crippen LogP contribution in [0.25, 0.3) is 27.5 Å². The lowest BCUT2D eigenvalue weighted by atomic mass is 9.94. The van der Waals surface area contributed by atoms with Crippen LogP contribution in [0.15, 0.2) is 24.5 Å². The number of alkyl halides is 1. The summed E-state index contributed by atoms with van der Waals surface area (Å²) in [6.07, 6.45) is -0.941. The van der Waals surface area contributed by atoms with Gasteiger partial charge in [0.25, 0.3) is 0 Å². The minimum atomic E-state index is -0.936. The second-order valence-electron chi connectivity index (χ2n) is 5.50. The Morgan fingerprint density at radius 1 is 1.24 bits per heavy atom. The molecule has 0 saturated heterocycles. The quantitative estimate of drug-likeness (QED) is 0.523. The smallest absolute Gasteiger partial charge is 0.344 e. The number of aliphatic hydroxyl groups is 1. The second kappa shape index (κ2) is 5.40. The third kappa shape index (κ3) is 2.04. The molecule has 1 aliphatic rings. The van der Waals surface area contributed by atoms with E-state index in [0.29, 0.717) is 0 Å². The molecule has 1 aromatic carbocycles. The highest BCUT2D eigenvalue weighted by Crippen LogP contribution is 2.39. The molecule has 9 heteroatoms. The molecule has 130 valence electrons. The zero-order valence-corrected chi connectivity index (χ0v) is 13.5. The van der Waals surface area contributed by atoms with Gasteiger partial charge in [-0.15, -0.1) is 0 Å². The van der Waals surface area contributed by atoms with Crippen LogP contribution in [0.2, 0.25) is 0 Å². The van der Waals surface area contributed by atoms with E-state index in [2.05, 4.69) is 0 Å². The van der Waals surface area contributed by atoms with Crippen molar-refractivity contribution in [2.75, 3.05) is 13.2 Å². The van der Waals surface area contributed by atoms with Gasteiger partial charge in [-0.2, -0.15) is 0 Å². The van der Waals surface area contributed by atoms with Gasteiger partial charge < -0.3 is 28.5 Å². The van der Waals surface area contributed by atoms with Crippen LogP contribution in [0.5, 0.6) is 11.5 Å². The number of hydrogen-bond donors (Lipinski definition) is 2. The summed E-state index contributed by atoms with van der Waals surface area (Å²) < 4.78 is 20.8. The number of aromatic hydroxyl groups is 1. The Labute approximate surface area is 143 Å². The fourth-order valence-electron chi connectivity index (χ4n) is 3.19. The number of rotatable bonds is 3. The lowest BCUT2D eigenvalue weighted by molar-refractivity contribution is 0.105. The molecule has 0 radical (unpaired) electrons. The Balaban J connectivity index is 2.33. The van der Waals surface area contributed by atoms with Crippen LogP contribution in [-0.2, 0) is 11.2 Å². The molecule has 3 aromatic rings. The first kappa shape index (κ1) is 15.8. The first-order chi connectivity index (χ1) is 12.0. The van der Waals surface area contributed by atoms with Gasteiger partial charge in [0.2, 0.25) is 5.75 Å². The van der Waals surface area contributed by atoms with Crippen LogP contribution >= 0.6 is 11.6 Å². The van der Waals surface area contributed by atoms with Gasteiger partial charge in [0.1, 0.15) is 12.2 Å². The van der Waals surface area contributed by atoms with E-state index in [1.54, 1.807) is 0 Å². The Hall–Kier alpha value is -2.71. The van der Waals surface area contributed by atoms with Gasteiger partial charge in [-0.05, 0) is 6.07 Å². The van der Waals surface area contributed by atoms with Crippen LogP contribution in [0.1, 0.15) is 5.56 Å². The van der Waals surface area contributed by atoms with Crippen molar-refractivity contribution in [2.45, 2.75) is 12.5 Å². The Bertz CT molecular complexity index is 1190. The van der Waals surface area contributed by atoms with Gasteiger partial charge in [0.15, 0.2) is 22.5 Å². The summed E-state index contributed by atoms with van der Waals surface area (Å²) >= 11 is 5.54. The molecule has 2 N–H and O–H groups in total. The number of hydrogen-bond acceptors (Lipinski definition) is 8. The molecule has 2 heterocycles. The molecular formula is C16H11ClO8. The number of methoxy groups -OCH3 is 1. The maximum atomic E-state index is 12.4. The molecule has 0 amide bonds. The number of benzene rings is 1. The van der Waals surface area contributed by atoms with E-state index < -0.39 is 17.4 Å². The van der Waals surface area contributed by atoms with E-state index in [1.165, 1.54) is 13.2 Å². The molecule has 4 rings (SSSR count). The molecule has 25 heavy (non-hydrogen) atoms. The van der Waals surface area contributed by atoms with E-state index >= 15 is 0 Å². The van der Waals surface area contributed by atoms with Crippen LogP contribution < -0.4 is 21.4 Å². The third-order valence-electron chi connectivity index (χ3n) is 4.25. The van der Waals surface area contributed by atoms with Crippen molar-refractivity contribution >= 4 is 39.1 Å². The van der Waals surface area contributed by atoms with E-state index in [4.69, 9.17) is 29.9 Å². The van der Waals surface area contributed by atoms with Gasteiger partial charge in [0, 0.05) is 17.2 Å². The summed E-state index contributed by atoms with van der Waals surface area (Å²) in [6, 6.07) is 0.941. The first-order valence-corrected chi connectivity index (χ1v) is 7.74. The van der Waals surface area contributed by atoms with Crippen molar-refractivity contribution in [3.05, 3.63) is 37.9 Å². The predicted molar refractivity (Wildman–Crippen MR) is 87.3 cm³/mol. The van der Waals surface area contributed by atoms with Gasteiger partial charge in [-0.3, -0.25) is 0 Å². The average molecular weight is 367 g/mol. The zero-order chi connectivity index (χ0) is 17.9. The van der Waals surface area contributed by atoms with Crippen LogP contribution in [-0.4, -0.2) is 29.5 Å². The fraction of sp³-hybridized carbons (Fsp3) is 0.250. The van der Waals surface area contributed by atoms with Crippen LogP contribution in [0.4, 0.5) is 0 Å². The van der Waals surface area contributed by atoms with E-state index in [9.17, 15) is 19.8 Å². The predicted octanol–water partition coefficient (Wildman–Crippen LogP) is 1.14. The summed E-state index contributed by atoms with van der Waals surface area (Å²) in [5.74, 6) is -0.807. The number of phenols is 1. The summed E-state index contributed by atoms with van der Waals surface area (Å²) in [6.45, 7) is 0. The van der Waals surface area contributed by atoms with Gasteiger partial charge in [-0.25, -0.2) is 9.59 Å². The highest BCUT2D eigenvalue weighted by molar-refractivity contribution is 6.17. The molecule has 0 spiro atoms. The van der Waals surface area contributed by atoms with Crippen LogP contribution in [0, 0.1) is 0 Å². The number of phenolic OH excluding ortho intramolecular Hbond substituents is 1. The van der Waals surface area contributed by atoms with E-state index in [-0.39, 0.29) is 62.5 Å². The molecule has 1 unspecified atom stereocenters. The largest absolute Gasteiger partial charge is 0.506 e. The van der Waals surface area contributed by atoms with E-state index in [1.807, 2.05) is 0 Å². The third-order valence-corrected chi connectivity index (χ3v) is 4.37. The maximum Gasteiger partial charge on any atom is 0.344 e. The zero-order valence-electron chi connectivity index (χ0n) is 12.8. The highest BCUT2D eigenvalue weighted by Gasteiger charge is 2.31. The lowest BCUT2D eigenvalue weighted by Gasteiger charge is -2.21. The second-order valence-corrected chi connectivity index (χ2v) is 5.71. The minimum Gasteiger partial charge on any atom is -0.506 e. The highest BCUT2D eigenvalue weighted by atomic mass is 35.5. The fourth-order valence-corrected chi connectivity index (χ4v) is 3.35. The normalized spacial score (nSPS) is 16.7. The van der Waals surface area contributed by atoms with Gasteiger partial charge >= 0.3 is 11.3 Å². The number of aliphatic hydroxyl groups excluding tert-OH is 1. The molecule has 0 fully saturated rings. The monoisotopic (exact) mass is 366 g/mol. The number of ether oxygens (including phenoxy) is 2. The summed E-state index contributed by atoms with van der Waals surface area (Å²) in [5, 5.41) is 20.9. The Kier molecular flexibility index (Phi) is 3.41. The van der Waals surface area contributed by atoms with Crippen molar-refractivity contribution in [3.63, 3.8) is 0 Å². The standard InChI is InChI=1S/C16H11ClO8/c1-22-12-7(18)2-5-10-9-6(16(21)25-14(10)12)3-8(23-4-17)11(19)13(9)24-15(5)20/h2,8,18-19H,3-4H2,1H3. The molecule has 2 aromatic heterocycles. The van der Waals surface area contributed by atoms with Crippen molar-refractivity contribution in [3.8, 4) is 11.5 Å². The topological polar surface area (TPSA) is 119 Å². The molecule has 1 atom stereocenters. The maximum absolute atomic E-state index is 12.4. The summed E-state index contributed by atoms with van der Waals surface area (Å²) in [5.41, 5.74) is -1.64. The minimum absolute atomic E-state index is 0.00145. The molecular weight excluding hydrogens is 356 g/mol. The molecule has 0 aliphatic heterocycles. The van der Waals surface area contributed by atoms with Crippen molar-refractivity contribution in [1.82, 2.24) is 0 Å². The summed E-state index contributed by atoms with van der Waals surface area (Å²) in [7, 11) is 1.29. The lowest BCUT2D eigenvalue weighted by Crippen LogP contribution is -2.34. The van der Waals surface area contributed by atoms with Crippen molar-refractivity contribution in [2.24, 2.45) is 0 Å². The first-order valence-electron chi connectivity index (χ1n) is 7.20. The molecule has 1 aliphatic carbocycles. The molecule has 0 bridgehead atoms. The van der Waals surface area contributed by atoms with Crippen molar-refractivity contribution in [1.29, 1.82) is 0 Å². The Morgan fingerprint density at radius 2 is 2.00 bits per heavy atom. The van der Waals surface area contributed by atoms with Gasteiger partial charge in [0.05, 0.1) is 18.1 Å². The van der Waals surface area contributed by atoms with Crippen molar-refractivity contribution < 1.29 is 28.5 Å². The summed E-state index contributed by atoms with van der Waals surface area (Å²) in [4.78, 5) is 24.8.